The van der Waals surface area contributed by atoms with Crippen molar-refractivity contribution in [1.82, 2.24) is 0 Å². The molecule has 35 heavy (non-hydrogen) atoms. The van der Waals surface area contributed by atoms with E-state index >= 15 is 0 Å². The first kappa shape index (κ1) is 23.9. The van der Waals surface area contributed by atoms with Gasteiger partial charge in [0, 0.05) is 11.8 Å². The Labute approximate surface area is 204 Å². The van der Waals surface area contributed by atoms with Gasteiger partial charge in [-0.2, -0.15) is 0 Å². The molecule has 0 saturated carbocycles. The van der Waals surface area contributed by atoms with Gasteiger partial charge in [-0.1, -0.05) is 30.3 Å². The quantitative estimate of drug-likeness (QED) is 0.291. The number of anilines is 1. The minimum absolute atomic E-state index is 0.0379. The minimum atomic E-state index is -0.875. The summed E-state index contributed by atoms with van der Waals surface area (Å²) >= 11 is 0. The largest absolute Gasteiger partial charge is 0.507 e. The first-order chi connectivity index (χ1) is 16.8. The Kier molecular flexibility index (Phi) is 6.78. The van der Waals surface area contributed by atoms with Crippen LogP contribution in [-0.4, -0.2) is 37.1 Å². The second-order valence-corrected chi connectivity index (χ2v) is 8.31. The summed E-state index contributed by atoms with van der Waals surface area (Å²) in [5, 5.41) is 11.4. The molecule has 1 heterocycles. The number of para-hydroxylation sites is 1. The van der Waals surface area contributed by atoms with E-state index in [1.807, 2.05) is 26.0 Å². The molecule has 1 saturated heterocycles. The van der Waals surface area contributed by atoms with Gasteiger partial charge < -0.3 is 19.3 Å². The molecule has 180 valence electrons. The van der Waals surface area contributed by atoms with Crippen molar-refractivity contribution in [2.45, 2.75) is 26.0 Å². The summed E-state index contributed by atoms with van der Waals surface area (Å²) in [6, 6.07) is 20.1. The average molecular weight is 474 g/mol. The zero-order valence-corrected chi connectivity index (χ0v) is 20.0. The number of hydrogen-bond donors (Lipinski definition) is 1. The molecule has 4 rings (SSSR count). The lowest BCUT2D eigenvalue weighted by molar-refractivity contribution is -0.132. The number of ether oxygens (including phenoxy) is 3. The Morgan fingerprint density at radius 3 is 2.29 bits per heavy atom. The highest BCUT2D eigenvalue weighted by molar-refractivity contribution is 6.51. The van der Waals surface area contributed by atoms with Crippen LogP contribution >= 0.6 is 0 Å². The summed E-state index contributed by atoms with van der Waals surface area (Å²) in [7, 11) is 2.98. The lowest BCUT2D eigenvalue weighted by atomic mass is 9.94. The summed E-state index contributed by atoms with van der Waals surface area (Å²) in [6.45, 7) is 3.83. The van der Waals surface area contributed by atoms with Crippen LogP contribution in [0.1, 0.15) is 31.0 Å². The van der Waals surface area contributed by atoms with Crippen molar-refractivity contribution in [2.24, 2.45) is 0 Å². The molecule has 0 spiro atoms. The lowest BCUT2D eigenvalue weighted by Gasteiger charge is -2.26. The Morgan fingerprint density at radius 1 is 0.886 bits per heavy atom. The van der Waals surface area contributed by atoms with E-state index in [1.165, 1.54) is 19.1 Å². The third-order valence-corrected chi connectivity index (χ3v) is 5.69. The van der Waals surface area contributed by atoms with Gasteiger partial charge in [0.25, 0.3) is 11.7 Å². The number of methoxy groups -OCH3 is 2. The summed E-state index contributed by atoms with van der Waals surface area (Å²) in [5.74, 6) is -0.420. The molecule has 7 heteroatoms. The van der Waals surface area contributed by atoms with Crippen molar-refractivity contribution in [1.29, 1.82) is 0 Å². The van der Waals surface area contributed by atoms with Crippen molar-refractivity contribution in [3.8, 4) is 17.2 Å². The van der Waals surface area contributed by atoms with Crippen LogP contribution in [0.25, 0.3) is 5.76 Å². The number of nitrogens with zero attached hydrogens (tertiary/aromatic N) is 1. The molecular weight excluding hydrogens is 446 g/mol. The zero-order chi connectivity index (χ0) is 25.1. The number of aliphatic hydroxyl groups excluding tert-OH is 1. The molecule has 0 aromatic heterocycles. The van der Waals surface area contributed by atoms with E-state index in [0.29, 0.717) is 28.5 Å². The van der Waals surface area contributed by atoms with Crippen LogP contribution in [0, 0.1) is 0 Å². The van der Waals surface area contributed by atoms with E-state index in [2.05, 4.69) is 0 Å². The smallest absolute Gasteiger partial charge is 0.300 e. The molecule has 3 aromatic rings. The molecule has 1 unspecified atom stereocenters. The van der Waals surface area contributed by atoms with Crippen molar-refractivity contribution >= 4 is 23.1 Å². The molecule has 0 aliphatic carbocycles. The first-order valence-corrected chi connectivity index (χ1v) is 11.2. The Bertz CT molecular complexity index is 1280. The molecular formula is C28H27NO6. The van der Waals surface area contributed by atoms with Crippen LogP contribution in [0.5, 0.6) is 17.2 Å². The Hall–Kier alpha value is -4.26. The van der Waals surface area contributed by atoms with Crippen LogP contribution in [-0.2, 0) is 9.59 Å². The number of hydrogen-bond acceptors (Lipinski definition) is 6. The summed E-state index contributed by atoms with van der Waals surface area (Å²) < 4.78 is 16.5. The van der Waals surface area contributed by atoms with Crippen LogP contribution in [0.2, 0.25) is 0 Å². The van der Waals surface area contributed by atoms with Gasteiger partial charge in [-0.3, -0.25) is 14.5 Å². The zero-order valence-electron chi connectivity index (χ0n) is 20.0. The molecule has 1 aliphatic rings. The maximum absolute atomic E-state index is 13.4. The Morgan fingerprint density at radius 2 is 1.63 bits per heavy atom. The fraction of sp³-hybridized carbons (Fsp3) is 0.214. The number of ketones is 1. The monoisotopic (exact) mass is 473 g/mol. The summed E-state index contributed by atoms with van der Waals surface area (Å²) in [6.07, 6.45) is -0.0608. The van der Waals surface area contributed by atoms with Crippen molar-refractivity contribution in [2.75, 3.05) is 19.1 Å². The molecule has 0 radical (unpaired) electrons. The van der Waals surface area contributed by atoms with E-state index in [9.17, 15) is 14.7 Å². The topological polar surface area (TPSA) is 85.3 Å². The molecule has 1 atom stereocenters. The van der Waals surface area contributed by atoms with Gasteiger partial charge >= 0.3 is 0 Å². The number of amides is 1. The molecule has 1 amide bonds. The lowest BCUT2D eigenvalue weighted by Crippen LogP contribution is -2.29. The van der Waals surface area contributed by atoms with Gasteiger partial charge in [-0.05, 0) is 55.8 Å². The van der Waals surface area contributed by atoms with Crippen molar-refractivity contribution < 1.29 is 28.9 Å². The van der Waals surface area contributed by atoms with Crippen molar-refractivity contribution in [3.63, 3.8) is 0 Å². The molecule has 1 aliphatic heterocycles. The van der Waals surface area contributed by atoms with Gasteiger partial charge in [0.05, 0.1) is 37.5 Å². The molecule has 1 N–H and O–H groups in total. The normalized spacial score (nSPS) is 17.1. The number of rotatable bonds is 7. The number of Topliss-reactive ketones (excluding diaryl/α,β-unsaturated/α-hetero) is 1. The number of carbonyl (C=O) groups excluding carboxylic acids is 2. The summed E-state index contributed by atoms with van der Waals surface area (Å²) in [4.78, 5) is 28.1. The van der Waals surface area contributed by atoms with Crippen LogP contribution < -0.4 is 19.1 Å². The SMILES string of the molecule is COc1ccc(/C(O)=C2\C(=O)C(=O)N(c3ccccc3)C2c2cccc(OC(C)C)c2)c(OC)c1. The molecule has 0 bridgehead atoms. The predicted octanol–water partition coefficient (Wildman–Crippen LogP) is 5.12. The number of benzene rings is 3. The maximum Gasteiger partial charge on any atom is 0.300 e. The van der Waals surface area contributed by atoms with E-state index in [1.54, 1.807) is 60.7 Å². The van der Waals surface area contributed by atoms with E-state index in [4.69, 9.17) is 14.2 Å². The van der Waals surface area contributed by atoms with Crippen molar-refractivity contribution in [3.05, 3.63) is 89.5 Å². The molecule has 3 aromatic carbocycles. The highest BCUT2D eigenvalue weighted by Crippen LogP contribution is 2.44. The van der Waals surface area contributed by atoms with Gasteiger partial charge in [-0.25, -0.2) is 0 Å². The average Bonchev–Trinajstić information content (AvgIpc) is 3.13. The maximum atomic E-state index is 13.4. The Balaban J connectivity index is 1.95. The predicted molar refractivity (Wildman–Crippen MR) is 133 cm³/mol. The second-order valence-electron chi connectivity index (χ2n) is 8.31. The minimum Gasteiger partial charge on any atom is -0.507 e. The summed E-state index contributed by atoms with van der Waals surface area (Å²) in [5.41, 5.74) is 1.40. The number of carbonyl (C=O) groups is 2. The standard InChI is InChI=1S/C28H27NO6/c1-17(2)35-21-12-8-9-18(15-21)25-24(26(30)22-14-13-20(33-3)16-23(22)34-4)27(31)28(32)29(25)19-10-6-5-7-11-19/h5-17,25,30H,1-4H3/b26-24+. The fourth-order valence-electron chi connectivity index (χ4n) is 4.17. The third kappa shape index (κ3) is 4.57. The van der Waals surface area contributed by atoms with Gasteiger partial charge in [0.15, 0.2) is 0 Å². The third-order valence-electron chi connectivity index (χ3n) is 5.69. The van der Waals surface area contributed by atoms with Crippen LogP contribution in [0.3, 0.4) is 0 Å². The molecule has 7 nitrogen and oxygen atoms in total. The van der Waals surface area contributed by atoms with E-state index in [0.717, 1.165) is 0 Å². The van der Waals surface area contributed by atoms with Gasteiger partial charge in [0.1, 0.15) is 23.0 Å². The van der Waals surface area contributed by atoms with E-state index in [-0.39, 0.29) is 23.0 Å². The van der Waals surface area contributed by atoms with Crippen LogP contribution in [0.15, 0.2) is 78.4 Å². The van der Waals surface area contributed by atoms with Gasteiger partial charge in [-0.15, -0.1) is 0 Å². The van der Waals surface area contributed by atoms with Crippen LogP contribution in [0.4, 0.5) is 5.69 Å². The highest BCUT2D eigenvalue weighted by atomic mass is 16.5. The first-order valence-electron chi connectivity index (χ1n) is 11.2. The van der Waals surface area contributed by atoms with E-state index < -0.39 is 17.7 Å². The second kappa shape index (κ2) is 9.93. The highest BCUT2D eigenvalue weighted by Gasteiger charge is 2.47. The fourth-order valence-corrected chi connectivity index (χ4v) is 4.17. The molecule has 1 fully saturated rings. The number of aliphatic hydroxyl groups is 1. The van der Waals surface area contributed by atoms with Gasteiger partial charge in [0.2, 0.25) is 0 Å².